The number of carbonyl (C=O) groups excluding carboxylic acids is 1. The second kappa shape index (κ2) is 2.59. The number of primary amides is 1. The molecule has 0 fully saturated rings. The van der Waals surface area contributed by atoms with Crippen molar-refractivity contribution in [3.63, 3.8) is 0 Å². The fourth-order valence-electron chi connectivity index (χ4n) is 1.17. The quantitative estimate of drug-likeness (QED) is 0.459. The summed E-state index contributed by atoms with van der Waals surface area (Å²) in [5.41, 5.74) is 10.3. The number of H-pyrrole nitrogens is 2. The molecule has 1 amide bonds. The Kier molecular flexibility index (Phi) is 1.53. The molecule has 0 saturated heterocycles. The van der Waals surface area contributed by atoms with Crippen molar-refractivity contribution in [3.05, 3.63) is 22.1 Å². The number of anilines is 1. The van der Waals surface area contributed by atoms with Crippen LogP contribution in [0, 0.1) is 0 Å². The van der Waals surface area contributed by atoms with E-state index in [4.69, 9.17) is 11.5 Å². The summed E-state index contributed by atoms with van der Waals surface area (Å²) in [5.74, 6) is -0.665. The highest BCUT2D eigenvalue weighted by Gasteiger charge is 2.09. The molecular formula is C7H7N5O2. The van der Waals surface area contributed by atoms with Crippen LogP contribution >= 0.6 is 0 Å². The average Bonchev–Trinajstić information content (AvgIpc) is 2.47. The second-order valence-electron chi connectivity index (χ2n) is 2.76. The summed E-state index contributed by atoms with van der Waals surface area (Å²) in [6, 6.07) is 1.34. The number of nitrogens with zero attached hydrogens (tertiary/aromatic N) is 1. The molecule has 6 N–H and O–H groups in total. The predicted octanol–water partition coefficient (Wildman–Crippen LogP) is -1.07. The summed E-state index contributed by atoms with van der Waals surface area (Å²) in [6.45, 7) is 0. The number of amides is 1. The first-order valence-electron chi connectivity index (χ1n) is 3.76. The van der Waals surface area contributed by atoms with Crippen LogP contribution < -0.4 is 17.0 Å². The summed E-state index contributed by atoms with van der Waals surface area (Å²) in [6.07, 6.45) is 0. The zero-order chi connectivity index (χ0) is 10.3. The predicted molar refractivity (Wildman–Crippen MR) is 49.6 cm³/mol. The van der Waals surface area contributed by atoms with Gasteiger partial charge in [0.05, 0.1) is 5.39 Å². The van der Waals surface area contributed by atoms with Crippen LogP contribution in [0.3, 0.4) is 0 Å². The number of nitrogens with two attached hydrogens (primary N) is 2. The maximum Gasteiger partial charge on any atom is 0.265 e. The molecule has 72 valence electrons. The first kappa shape index (κ1) is 8.30. The van der Waals surface area contributed by atoms with Crippen LogP contribution in [0.25, 0.3) is 11.0 Å². The summed E-state index contributed by atoms with van der Waals surface area (Å²) in [7, 11) is 0. The van der Waals surface area contributed by atoms with E-state index in [9.17, 15) is 9.59 Å². The Morgan fingerprint density at radius 3 is 2.79 bits per heavy atom. The van der Waals surface area contributed by atoms with E-state index in [0.717, 1.165) is 0 Å². The molecule has 2 aromatic rings. The molecule has 2 rings (SSSR count). The van der Waals surface area contributed by atoms with Crippen molar-refractivity contribution < 1.29 is 4.79 Å². The summed E-state index contributed by atoms with van der Waals surface area (Å²) in [4.78, 5) is 30.8. The minimum atomic E-state index is -0.652. The number of hydrogen-bond acceptors (Lipinski definition) is 4. The fourth-order valence-corrected chi connectivity index (χ4v) is 1.17. The van der Waals surface area contributed by atoms with Gasteiger partial charge in [0.15, 0.2) is 0 Å². The number of nitrogen functional groups attached to an aromatic ring is 1. The van der Waals surface area contributed by atoms with Gasteiger partial charge >= 0.3 is 0 Å². The van der Waals surface area contributed by atoms with Gasteiger partial charge in [0.25, 0.3) is 11.5 Å². The van der Waals surface area contributed by atoms with E-state index < -0.39 is 11.5 Å². The van der Waals surface area contributed by atoms with Crippen molar-refractivity contribution in [2.24, 2.45) is 5.73 Å². The minimum absolute atomic E-state index is 0.0135. The van der Waals surface area contributed by atoms with E-state index >= 15 is 0 Å². The van der Waals surface area contributed by atoms with Crippen LogP contribution in [-0.2, 0) is 0 Å². The lowest BCUT2D eigenvalue weighted by atomic mass is 10.3. The third-order valence-corrected chi connectivity index (χ3v) is 1.78. The summed E-state index contributed by atoms with van der Waals surface area (Å²) in [5, 5.41) is 0.257. The Morgan fingerprint density at radius 1 is 1.43 bits per heavy atom. The zero-order valence-electron chi connectivity index (χ0n) is 7.00. The Labute approximate surface area is 77.1 Å². The maximum absolute atomic E-state index is 11.3. The van der Waals surface area contributed by atoms with Crippen LogP contribution in [-0.4, -0.2) is 20.9 Å². The molecule has 7 nitrogen and oxygen atoms in total. The topological polar surface area (TPSA) is 131 Å². The zero-order valence-corrected chi connectivity index (χ0v) is 7.00. The Bertz CT molecular complexity index is 567. The number of carbonyl (C=O) groups is 1. The van der Waals surface area contributed by atoms with Gasteiger partial charge in [-0.15, -0.1) is 0 Å². The van der Waals surface area contributed by atoms with Gasteiger partial charge in [-0.05, 0) is 6.07 Å². The molecule has 0 saturated carbocycles. The summed E-state index contributed by atoms with van der Waals surface area (Å²) >= 11 is 0. The molecule has 0 bridgehead atoms. The highest BCUT2D eigenvalue weighted by Crippen LogP contribution is 2.08. The van der Waals surface area contributed by atoms with Gasteiger partial charge < -0.3 is 16.5 Å². The highest BCUT2D eigenvalue weighted by atomic mass is 16.1. The van der Waals surface area contributed by atoms with Crippen molar-refractivity contribution in [1.82, 2.24) is 15.0 Å². The largest absolute Gasteiger partial charge is 0.369 e. The molecule has 2 aromatic heterocycles. The van der Waals surface area contributed by atoms with Gasteiger partial charge in [-0.25, -0.2) is 0 Å². The first-order chi connectivity index (χ1) is 6.58. The average molecular weight is 193 g/mol. The molecule has 7 heteroatoms. The minimum Gasteiger partial charge on any atom is -0.369 e. The molecule has 0 unspecified atom stereocenters. The number of nitrogens with one attached hydrogen (secondary N) is 2. The van der Waals surface area contributed by atoms with Crippen LogP contribution in [0.2, 0.25) is 0 Å². The summed E-state index contributed by atoms with van der Waals surface area (Å²) < 4.78 is 0. The van der Waals surface area contributed by atoms with E-state index in [1.807, 2.05) is 0 Å². The van der Waals surface area contributed by atoms with Crippen molar-refractivity contribution in [1.29, 1.82) is 0 Å². The van der Waals surface area contributed by atoms with Crippen LogP contribution in [0.4, 0.5) is 5.95 Å². The number of aromatic amines is 2. The molecule has 0 atom stereocenters. The van der Waals surface area contributed by atoms with E-state index in [1.54, 1.807) is 0 Å². The van der Waals surface area contributed by atoms with E-state index in [0.29, 0.717) is 0 Å². The monoisotopic (exact) mass is 193 g/mol. The van der Waals surface area contributed by atoms with Gasteiger partial charge in [0.2, 0.25) is 5.95 Å². The third kappa shape index (κ3) is 1.11. The second-order valence-corrected chi connectivity index (χ2v) is 2.76. The smallest absolute Gasteiger partial charge is 0.265 e. The molecule has 14 heavy (non-hydrogen) atoms. The molecular weight excluding hydrogens is 186 g/mol. The third-order valence-electron chi connectivity index (χ3n) is 1.78. The number of aromatic nitrogens is 3. The van der Waals surface area contributed by atoms with Crippen molar-refractivity contribution in [2.45, 2.75) is 0 Å². The van der Waals surface area contributed by atoms with E-state index in [-0.39, 0.29) is 22.7 Å². The van der Waals surface area contributed by atoms with Crippen LogP contribution in [0.1, 0.15) is 10.5 Å². The molecule has 0 spiro atoms. The van der Waals surface area contributed by atoms with Gasteiger partial charge in [-0.3, -0.25) is 14.6 Å². The lowest BCUT2D eigenvalue weighted by molar-refractivity contribution is 0.0996. The highest BCUT2D eigenvalue weighted by molar-refractivity contribution is 5.96. The lowest BCUT2D eigenvalue weighted by Crippen LogP contribution is -2.10. The standard InChI is InChI=1S/C7H7N5O2/c8-4(13)3-1-2-5(10-3)11-7(9)12-6(2)14/h1H,(H2,8,13)(H4,9,10,11,12,14). The van der Waals surface area contributed by atoms with Gasteiger partial charge in [0.1, 0.15) is 11.3 Å². The maximum atomic E-state index is 11.3. The Balaban J connectivity index is 2.83. The Hall–Kier alpha value is -2.31. The Morgan fingerprint density at radius 2 is 2.14 bits per heavy atom. The van der Waals surface area contributed by atoms with Crippen molar-refractivity contribution in [2.75, 3.05) is 5.73 Å². The molecule has 0 aromatic carbocycles. The van der Waals surface area contributed by atoms with Crippen LogP contribution in [0.15, 0.2) is 10.9 Å². The van der Waals surface area contributed by atoms with Crippen LogP contribution in [0.5, 0.6) is 0 Å². The van der Waals surface area contributed by atoms with Gasteiger partial charge in [-0.1, -0.05) is 0 Å². The fraction of sp³-hybridized carbons (Fsp3) is 0. The van der Waals surface area contributed by atoms with Crippen molar-refractivity contribution >= 4 is 22.9 Å². The normalized spacial score (nSPS) is 10.6. The number of rotatable bonds is 1. The van der Waals surface area contributed by atoms with Crippen molar-refractivity contribution in [3.8, 4) is 0 Å². The lowest BCUT2D eigenvalue weighted by Gasteiger charge is -1.90. The molecule has 0 aliphatic carbocycles. The van der Waals surface area contributed by atoms with E-state index in [1.165, 1.54) is 6.07 Å². The SMILES string of the molecule is NC(=O)c1cc2c(=O)[nH]c(N)nc2[nH]1. The number of fused-ring (bicyclic) bond motifs is 1. The van der Waals surface area contributed by atoms with Gasteiger partial charge in [0, 0.05) is 0 Å². The molecule has 0 aliphatic rings. The van der Waals surface area contributed by atoms with Gasteiger partial charge in [-0.2, -0.15) is 4.98 Å². The molecule has 0 radical (unpaired) electrons. The first-order valence-corrected chi connectivity index (χ1v) is 3.76. The molecule has 0 aliphatic heterocycles. The molecule has 2 heterocycles. The number of hydrogen-bond donors (Lipinski definition) is 4. The van der Waals surface area contributed by atoms with E-state index in [2.05, 4.69) is 15.0 Å².